The maximum atomic E-state index is 10.8. The van der Waals surface area contributed by atoms with Crippen molar-refractivity contribution in [3.05, 3.63) is 18.0 Å². The first-order valence-electron chi connectivity index (χ1n) is 3.25. The van der Waals surface area contributed by atoms with E-state index in [9.17, 15) is 4.79 Å². The Labute approximate surface area is 86.2 Å². The van der Waals surface area contributed by atoms with Crippen LogP contribution in [-0.4, -0.2) is 9.70 Å². The Morgan fingerprint density at radius 3 is 2.58 bits per heavy atom. The van der Waals surface area contributed by atoms with E-state index in [2.05, 4.69) is 11.0 Å². The molecule has 0 saturated heterocycles. The van der Waals surface area contributed by atoms with Gasteiger partial charge in [-0.05, 0) is 12.5 Å². The molecule has 2 nitrogen and oxygen atoms in total. The number of hydrogen-bond acceptors (Lipinski definition) is 1. The van der Waals surface area contributed by atoms with Crippen LogP contribution in [-0.2, 0) is 4.79 Å². The van der Waals surface area contributed by atoms with Gasteiger partial charge in [0.05, 0.1) is 0 Å². The summed E-state index contributed by atoms with van der Waals surface area (Å²) in [6.07, 6.45) is 3.87. The summed E-state index contributed by atoms with van der Waals surface area (Å²) in [5.41, 5.74) is 2.68. The van der Waals surface area contributed by atoms with Crippen molar-refractivity contribution in [1.29, 1.82) is 0 Å². The second kappa shape index (κ2) is 5.50. The molecule has 0 aliphatic rings. The topological polar surface area (TPSA) is 29.1 Å². The van der Waals surface area contributed by atoms with Gasteiger partial charge in [-0.1, -0.05) is 41.7 Å². The van der Waals surface area contributed by atoms with Crippen molar-refractivity contribution in [3.8, 4) is 0 Å². The van der Waals surface area contributed by atoms with Crippen LogP contribution in [0, 0.1) is 0 Å². The summed E-state index contributed by atoms with van der Waals surface area (Å²) in [6.45, 7) is 1.94. The van der Waals surface area contributed by atoms with Crippen molar-refractivity contribution in [1.82, 2.24) is 5.32 Å². The van der Waals surface area contributed by atoms with Gasteiger partial charge in [0, 0.05) is 6.20 Å². The van der Waals surface area contributed by atoms with Crippen LogP contribution in [0.1, 0.15) is 13.3 Å². The molecule has 0 spiro atoms. The molecule has 0 bridgehead atoms. The fourth-order valence-corrected chi connectivity index (χ4v) is 0.529. The van der Waals surface area contributed by atoms with Gasteiger partial charge in [-0.15, -0.1) is 5.73 Å². The summed E-state index contributed by atoms with van der Waals surface area (Å²) in [7, 11) is 0. The predicted molar refractivity (Wildman–Crippen MR) is 51.4 cm³/mol. The fraction of sp³-hybridized carbons (Fsp3) is 0.429. The van der Waals surface area contributed by atoms with Crippen molar-refractivity contribution in [2.45, 2.75) is 17.1 Å². The number of rotatable bonds is 2. The second-order valence-electron chi connectivity index (χ2n) is 1.89. The van der Waals surface area contributed by atoms with Crippen molar-refractivity contribution in [2.24, 2.45) is 0 Å². The highest BCUT2D eigenvalue weighted by Gasteiger charge is 2.29. The molecule has 0 aromatic carbocycles. The average molecular weight is 229 g/mol. The largest absolute Gasteiger partial charge is 0.322 e. The molecule has 0 saturated carbocycles. The van der Waals surface area contributed by atoms with E-state index >= 15 is 0 Å². The van der Waals surface area contributed by atoms with Gasteiger partial charge < -0.3 is 5.32 Å². The molecule has 68 valence electrons. The normalized spacial score (nSPS) is 10.0. The summed E-state index contributed by atoms with van der Waals surface area (Å²) < 4.78 is -1.91. The highest BCUT2D eigenvalue weighted by Crippen LogP contribution is 2.25. The number of hydrogen-bond donors (Lipinski definition) is 1. The molecule has 1 N–H and O–H groups in total. The highest BCUT2D eigenvalue weighted by molar-refractivity contribution is 6.76. The SMILES string of the molecule is CCC=C=CNC(=O)C(Cl)(Cl)Cl. The maximum absolute atomic E-state index is 10.8. The number of amides is 1. The molecule has 0 aliphatic carbocycles. The molecule has 0 rings (SSSR count). The number of alkyl halides is 3. The van der Waals surface area contributed by atoms with E-state index in [0.717, 1.165) is 6.42 Å². The first kappa shape index (κ1) is 11.9. The second-order valence-corrected chi connectivity index (χ2v) is 4.18. The Balaban J connectivity index is 3.96. The Bertz CT molecular complexity index is 213. The predicted octanol–water partition coefficient (Wildman–Crippen LogP) is 2.55. The minimum atomic E-state index is -1.91. The van der Waals surface area contributed by atoms with Crippen molar-refractivity contribution < 1.29 is 4.79 Å². The Kier molecular flexibility index (Phi) is 5.43. The quantitative estimate of drug-likeness (QED) is 0.571. The number of nitrogens with one attached hydrogen (secondary N) is 1. The summed E-state index contributed by atoms with van der Waals surface area (Å²) >= 11 is 15.8. The van der Waals surface area contributed by atoms with Gasteiger partial charge in [0.25, 0.3) is 9.70 Å². The zero-order valence-electron chi connectivity index (χ0n) is 6.40. The molecule has 12 heavy (non-hydrogen) atoms. The molecule has 1 amide bonds. The number of carbonyl (C=O) groups excluding carboxylic acids is 1. The van der Waals surface area contributed by atoms with Crippen LogP contribution in [0.5, 0.6) is 0 Å². The molecule has 0 aromatic heterocycles. The molecule has 0 aliphatic heterocycles. The summed E-state index contributed by atoms with van der Waals surface area (Å²) in [4.78, 5) is 10.8. The minimum absolute atomic E-state index is 0.690. The third kappa shape index (κ3) is 5.50. The first-order valence-corrected chi connectivity index (χ1v) is 4.39. The third-order valence-electron chi connectivity index (χ3n) is 0.866. The van der Waals surface area contributed by atoms with E-state index in [1.165, 1.54) is 6.20 Å². The van der Waals surface area contributed by atoms with E-state index in [1.54, 1.807) is 6.08 Å². The van der Waals surface area contributed by atoms with Crippen LogP contribution in [0.25, 0.3) is 0 Å². The molecule has 0 fully saturated rings. The average Bonchev–Trinajstić information content (AvgIpc) is 1.96. The van der Waals surface area contributed by atoms with Crippen LogP contribution in [0.15, 0.2) is 18.0 Å². The molecule has 0 heterocycles. The molecule has 0 unspecified atom stereocenters. The highest BCUT2D eigenvalue weighted by atomic mass is 35.6. The molecule has 5 heteroatoms. The standard InChI is InChI=1S/C7H8Cl3NO/c1-2-3-4-5-11-6(12)7(8,9)10/h3,5H,2H2,1H3,(H,11,12). The Morgan fingerprint density at radius 1 is 1.58 bits per heavy atom. The minimum Gasteiger partial charge on any atom is -0.322 e. The maximum Gasteiger partial charge on any atom is 0.276 e. The van der Waals surface area contributed by atoms with Gasteiger partial charge in [-0.25, -0.2) is 0 Å². The van der Waals surface area contributed by atoms with E-state index in [4.69, 9.17) is 34.8 Å². The number of allylic oxidation sites excluding steroid dienone is 1. The lowest BCUT2D eigenvalue weighted by molar-refractivity contribution is -0.119. The monoisotopic (exact) mass is 227 g/mol. The summed E-state index contributed by atoms with van der Waals surface area (Å²) in [5, 5.41) is 2.26. The molecule has 0 aromatic rings. The van der Waals surface area contributed by atoms with Gasteiger partial charge in [-0.2, -0.15) is 0 Å². The molecular formula is C7H8Cl3NO. The lowest BCUT2D eigenvalue weighted by atomic mass is 10.5. The van der Waals surface area contributed by atoms with Crippen LogP contribution in [0.2, 0.25) is 0 Å². The van der Waals surface area contributed by atoms with Gasteiger partial charge in [0.15, 0.2) is 0 Å². The van der Waals surface area contributed by atoms with Crippen LogP contribution in [0.3, 0.4) is 0 Å². The zero-order chi connectivity index (χ0) is 9.61. The van der Waals surface area contributed by atoms with Crippen molar-refractivity contribution in [2.75, 3.05) is 0 Å². The van der Waals surface area contributed by atoms with E-state index in [0.29, 0.717) is 0 Å². The van der Waals surface area contributed by atoms with Gasteiger partial charge in [0.1, 0.15) is 0 Å². The molecule has 0 radical (unpaired) electrons. The molecule has 0 atom stereocenters. The fourth-order valence-electron chi connectivity index (χ4n) is 0.366. The van der Waals surface area contributed by atoms with Crippen LogP contribution >= 0.6 is 34.8 Å². The van der Waals surface area contributed by atoms with Gasteiger partial charge in [-0.3, -0.25) is 4.79 Å². The van der Waals surface area contributed by atoms with Gasteiger partial charge >= 0.3 is 0 Å². The smallest absolute Gasteiger partial charge is 0.276 e. The van der Waals surface area contributed by atoms with E-state index < -0.39 is 9.70 Å². The Hall–Kier alpha value is -0.140. The van der Waals surface area contributed by atoms with Crippen molar-refractivity contribution in [3.63, 3.8) is 0 Å². The summed E-state index contributed by atoms with van der Waals surface area (Å²) in [6, 6.07) is 0. The first-order chi connectivity index (χ1) is 5.48. The van der Waals surface area contributed by atoms with Crippen LogP contribution in [0.4, 0.5) is 0 Å². The van der Waals surface area contributed by atoms with E-state index in [1.807, 2.05) is 6.92 Å². The number of carbonyl (C=O) groups is 1. The zero-order valence-corrected chi connectivity index (χ0v) is 8.67. The van der Waals surface area contributed by atoms with Crippen molar-refractivity contribution >= 4 is 40.7 Å². The molecular weight excluding hydrogens is 220 g/mol. The van der Waals surface area contributed by atoms with Crippen LogP contribution < -0.4 is 5.32 Å². The third-order valence-corrected chi connectivity index (χ3v) is 1.38. The lowest BCUT2D eigenvalue weighted by Crippen LogP contribution is -2.30. The number of halogens is 3. The van der Waals surface area contributed by atoms with E-state index in [-0.39, 0.29) is 0 Å². The van der Waals surface area contributed by atoms with Gasteiger partial charge in [0.2, 0.25) is 0 Å². The Morgan fingerprint density at radius 2 is 2.17 bits per heavy atom. The lowest BCUT2D eigenvalue weighted by Gasteiger charge is -2.06. The summed E-state index contributed by atoms with van der Waals surface area (Å²) in [5.74, 6) is -0.690.